The number of para-hydroxylation sites is 1. The first kappa shape index (κ1) is 18.7. The van der Waals surface area contributed by atoms with Crippen molar-refractivity contribution < 1.29 is 4.79 Å². The summed E-state index contributed by atoms with van der Waals surface area (Å²) in [6, 6.07) is 20.7. The highest BCUT2D eigenvalue weighted by Gasteiger charge is 2.33. The van der Waals surface area contributed by atoms with Crippen molar-refractivity contribution in [3.8, 4) is 0 Å². The largest absolute Gasteiger partial charge is 0.312 e. The zero-order valence-corrected chi connectivity index (χ0v) is 16.0. The molecule has 2 atom stereocenters. The maximum absolute atomic E-state index is 13.1. The van der Waals surface area contributed by atoms with Crippen LogP contribution in [0.25, 0.3) is 0 Å². The van der Waals surface area contributed by atoms with Crippen LogP contribution in [0.3, 0.4) is 0 Å². The van der Waals surface area contributed by atoms with E-state index in [0.717, 1.165) is 44.7 Å². The zero-order chi connectivity index (χ0) is 18.4. The molecule has 26 heavy (non-hydrogen) atoms. The molecule has 1 saturated heterocycles. The lowest BCUT2D eigenvalue weighted by molar-refractivity contribution is -0.125. The number of nitrogens with zero attached hydrogens (tertiary/aromatic N) is 2. The van der Waals surface area contributed by atoms with Crippen molar-refractivity contribution in [3.05, 3.63) is 66.2 Å². The van der Waals surface area contributed by atoms with Crippen LogP contribution in [0, 0.1) is 11.8 Å². The molecule has 0 N–H and O–H groups in total. The molecule has 0 radical (unpaired) electrons. The molecule has 0 bridgehead atoms. The Morgan fingerprint density at radius 3 is 2.35 bits per heavy atom. The Bertz CT molecular complexity index is 686. The maximum Gasteiger partial charge on any atom is 0.230 e. The molecule has 1 amide bonds. The van der Waals surface area contributed by atoms with Crippen LogP contribution in [0.4, 0.5) is 5.69 Å². The Hall–Kier alpha value is -2.13. The van der Waals surface area contributed by atoms with Gasteiger partial charge in [-0.25, -0.2) is 0 Å². The Balaban J connectivity index is 1.57. The van der Waals surface area contributed by atoms with Gasteiger partial charge < -0.3 is 9.80 Å². The summed E-state index contributed by atoms with van der Waals surface area (Å²) < 4.78 is 0. The van der Waals surface area contributed by atoms with E-state index in [1.165, 1.54) is 5.56 Å². The van der Waals surface area contributed by atoms with Crippen LogP contribution in [0.2, 0.25) is 0 Å². The van der Waals surface area contributed by atoms with Crippen LogP contribution in [0.5, 0.6) is 0 Å². The number of hydrogen-bond acceptors (Lipinski definition) is 2. The summed E-state index contributed by atoms with van der Waals surface area (Å²) in [6.45, 7) is 8.12. The second-order valence-electron chi connectivity index (χ2n) is 7.33. The monoisotopic (exact) mass is 350 g/mol. The van der Waals surface area contributed by atoms with Crippen LogP contribution < -0.4 is 4.90 Å². The van der Waals surface area contributed by atoms with Gasteiger partial charge in [-0.1, -0.05) is 55.5 Å². The molecule has 2 aromatic rings. The number of hydrogen-bond donors (Lipinski definition) is 0. The summed E-state index contributed by atoms with van der Waals surface area (Å²) in [7, 11) is 0. The van der Waals surface area contributed by atoms with Crippen molar-refractivity contribution >= 4 is 11.6 Å². The molecule has 0 aromatic heterocycles. The van der Waals surface area contributed by atoms with Gasteiger partial charge in [0.2, 0.25) is 5.91 Å². The maximum atomic E-state index is 13.1. The zero-order valence-electron chi connectivity index (χ0n) is 16.0. The minimum absolute atomic E-state index is 0.128. The van der Waals surface area contributed by atoms with Gasteiger partial charge in [0, 0.05) is 31.2 Å². The van der Waals surface area contributed by atoms with E-state index in [-0.39, 0.29) is 11.8 Å². The number of carbonyl (C=O) groups is 1. The first-order chi connectivity index (χ1) is 12.7. The Morgan fingerprint density at radius 1 is 1.08 bits per heavy atom. The van der Waals surface area contributed by atoms with Crippen LogP contribution in [0.15, 0.2) is 60.7 Å². The van der Waals surface area contributed by atoms with Gasteiger partial charge >= 0.3 is 0 Å². The topological polar surface area (TPSA) is 23.6 Å². The van der Waals surface area contributed by atoms with Gasteiger partial charge in [-0.05, 0) is 49.9 Å². The summed E-state index contributed by atoms with van der Waals surface area (Å²) >= 11 is 0. The molecule has 2 aromatic carbocycles. The molecule has 0 saturated carbocycles. The van der Waals surface area contributed by atoms with Gasteiger partial charge in [-0.3, -0.25) is 4.79 Å². The standard InChI is InChI=1S/C23H30N2O/c1-3-25(21-12-8-5-9-13-21)23(26)22-15-17-24(18-19(22)2)16-14-20-10-6-4-7-11-20/h4-13,19,22H,3,14-18H2,1-2H3/t19-,22-/m0/s1. The smallest absolute Gasteiger partial charge is 0.230 e. The summed E-state index contributed by atoms with van der Waals surface area (Å²) in [5.41, 5.74) is 2.40. The van der Waals surface area contributed by atoms with Gasteiger partial charge in [0.25, 0.3) is 0 Å². The first-order valence-electron chi connectivity index (χ1n) is 9.81. The summed E-state index contributed by atoms with van der Waals surface area (Å²) in [5.74, 6) is 0.807. The van der Waals surface area contributed by atoms with Crippen molar-refractivity contribution in [2.45, 2.75) is 26.7 Å². The van der Waals surface area contributed by atoms with E-state index in [1.807, 2.05) is 35.2 Å². The Kier molecular flexibility index (Phi) is 6.45. The first-order valence-corrected chi connectivity index (χ1v) is 9.81. The van der Waals surface area contributed by atoms with Gasteiger partial charge in [0.05, 0.1) is 0 Å². The van der Waals surface area contributed by atoms with E-state index >= 15 is 0 Å². The van der Waals surface area contributed by atoms with Crippen molar-refractivity contribution in [3.63, 3.8) is 0 Å². The Morgan fingerprint density at radius 2 is 1.73 bits per heavy atom. The Labute approximate surface area is 157 Å². The molecule has 0 aliphatic carbocycles. The summed E-state index contributed by atoms with van der Waals surface area (Å²) in [6.07, 6.45) is 2.04. The molecule has 0 spiro atoms. The lowest BCUT2D eigenvalue weighted by Crippen LogP contribution is -2.47. The molecule has 0 unspecified atom stereocenters. The molecule has 1 heterocycles. The van der Waals surface area contributed by atoms with E-state index in [9.17, 15) is 4.79 Å². The lowest BCUT2D eigenvalue weighted by atomic mass is 9.85. The molecular formula is C23H30N2O. The third-order valence-corrected chi connectivity index (χ3v) is 5.52. The summed E-state index contributed by atoms with van der Waals surface area (Å²) in [4.78, 5) is 17.6. The normalized spacial score (nSPS) is 20.7. The van der Waals surface area contributed by atoms with Crippen LogP contribution in [-0.2, 0) is 11.2 Å². The number of rotatable bonds is 6. The third-order valence-electron chi connectivity index (χ3n) is 5.52. The predicted molar refractivity (Wildman–Crippen MR) is 108 cm³/mol. The van der Waals surface area contributed by atoms with Crippen LogP contribution in [0.1, 0.15) is 25.8 Å². The number of amides is 1. The molecular weight excluding hydrogens is 320 g/mol. The molecule has 1 fully saturated rings. The fourth-order valence-corrected chi connectivity index (χ4v) is 4.01. The minimum atomic E-state index is 0.128. The second-order valence-corrected chi connectivity index (χ2v) is 7.33. The molecule has 3 nitrogen and oxygen atoms in total. The summed E-state index contributed by atoms with van der Waals surface area (Å²) in [5, 5.41) is 0. The number of piperidine rings is 1. The fourth-order valence-electron chi connectivity index (χ4n) is 4.01. The van der Waals surface area contributed by atoms with Gasteiger partial charge in [-0.2, -0.15) is 0 Å². The molecule has 1 aliphatic rings. The van der Waals surface area contributed by atoms with Gasteiger partial charge in [-0.15, -0.1) is 0 Å². The van der Waals surface area contributed by atoms with Crippen molar-refractivity contribution in [2.75, 3.05) is 31.1 Å². The van der Waals surface area contributed by atoms with E-state index in [2.05, 4.69) is 49.1 Å². The third kappa shape index (κ3) is 4.53. The van der Waals surface area contributed by atoms with Gasteiger partial charge in [0.15, 0.2) is 0 Å². The number of anilines is 1. The second kappa shape index (κ2) is 9.00. The van der Waals surface area contributed by atoms with E-state index in [4.69, 9.17) is 0 Å². The van der Waals surface area contributed by atoms with E-state index in [1.54, 1.807) is 0 Å². The van der Waals surface area contributed by atoms with Gasteiger partial charge in [0.1, 0.15) is 0 Å². The SMILES string of the molecule is CCN(C(=O)[C@H]1CCN(CCc2ccccc2)C[C@@H]1C)c1ccccc1. The molecule has 3 rings (SSSR count). The molecule has 3 heteroatoms. The quantitative estimate of drug-likeness (QED) is 0.778. The highest BCUT2D eigenvalue weighted by atomic mass is 16.2. The van der Waals surface area contributed by atoms with E-state index in [0.29, 0.717) is 5.92 Å². The van der Waals surface area contributed by atoms with Crippen LogP contribution >= 0.6 is 0 Å². The minimum Gasteiger partial charge on any atom is -0.312 e. The number of likely N-dealkylation sites (tertiary alicyclic amines) is 1. The molecule has 138 valence electrons. The van der Waals surface area contributed by atoms with Crippen molar-refractivity contribution in [1.82, 2.24) is 4.90 Å². The number of carbonyl (C=O) groups excluding carboxylic acids is 1. The predicted octanol–water partition coefficient (Wildman–Crippen LogP) is 4.24. The highest BCUT2D eigenvalue weighted by molar-refractivity contribution is 5.95. The average Bonchev–Trinajstić information content (AvgIpc) is 2.68. The van der Waals surface area contributed by atoms with Crippen LogP contribution in [-0.4, -0.2) is 37.0 Å². The highest BCUT2D eigenvalue weighted by Crippen LogP contribution is 2.27. The average molecular weight is 351 g/mol. The number of benzene rings is 2. The molecule has 1 aliphatic heterocycles. The van der Waals surface area contributed by atoms with Crippen molar-refractivity contribution in [1.29, 1.82) is 0 Å². The van der Waals surface area contributed by atoms with E-state index < -0.39 is 0 Å². The van der Waals surface area contributed by atoms with Crippen molar-refractivity contribution in [2.24, 2.45) is 11.8 Å². The fraction of sp³-hybridized carbons (Fsp3) is 0.435. The lowest BCUT2D eigenvalue weighted by Gasteiger charge is -2.38.